The summed E-state index contributed by atoms with van der Waals surface area (Å²) >= 11 is 9.66. The van der Waals surface area contributed by atoms with Crippen LogP contribution in [-0.4, -0.2) is 16.5 Å². The van der Waals surface area contributed by atoms with Crippen molar-refractivity contribution in [3.63, 3.8) is 0 Å². The molecular weight excluding hydrogens is 340 g/mol. The summed E-state index contributed by atoms with van der Waals surface area (Å²) < 4.78 is 0.938. The van der Waals surface area contributed by atoms with Gasteiger partial charge in [-0.25, -0.2) is 4.98 Å². The lowest BCUT2D eigenvalue weighted by molar-refractivity contribution is 0.965. The largest absolute Gasteiger partial charge is 0.369 e. The van der Waals surface area contributed by atoms with Crippen LogP contribution >= 0.6 is 27.5 Å². The second kappa shape index (κ2) is 6.90. The number of halogens is 2. The first-order valence-electron chi connectivity index (χ1n) is 6.38. The lowest BCUT2D eigenvalue weighted by atomic mass is 10.2. The Bertz CT molecular complexity index is 604. The number of anilines is 3. The number of nitrogens with one attached hydrogen (secondary N) is 2. The first kappa shape index (κ1) is 15.1. The van der Waals surface area contributed by atoms with Gasteiger partial charge in [-0.3, -0.25) is 4.98 Å². The molecule has 0 radical (unpaired) electrons. The Hall–Kier alpha value is -1.33. The third kappa shape index (κ3) is 3.84. The summed E-state index contributed by atoms with van der Waals surface area (Å²) in [6.07, 6.45) is 4.42. The molecule has 0 saturated heterocycles. The number of aromatic nitrogens is 2. The zero-order valence-corrected chi connectivity index (χ0v) is 13.7. The molecule has 0 spiro atoms. The van der Waals surface area contributed by atoms with E-state index < -0.39 is 0 Å². The van der Waals surface area contributed by atoms with Gasteiger partial charge in [-0.1, -0.05) is 18.5 Å². The Labute approximate surface area is 132 Å². The van der Waals surface area contributed by atoms with Gasteiger partial charge in [0.15, 0.2) is 5.82 Å². The molecule has 0 bridgehead atoms. The van der Waals surface area contributed by atoms with Crippen molar-refractivity contribution in [2.45, 2.75) is 20.3 Å². The Morgan fingerprint density at radius 1 is 1.25 bits per heavy atom. The van der Waals surface area contributed by atoms with E-state index in [0.29, 0.717) is 10.8 Å². The van der Waals surface area contributed by atoms with Gasteiger partial charge in [0, 0.05) is 16.0 Å². The van der Waals surface area contributed by atoms with E-state index in [1.165, 1.54) is 0 Å². The second-order valence-electron chi connectivity index (χ2n) is 4.42. The number of nitrogens with zero attached hydrogens (tertiary/aromatic N) is 2. The highest BCUT2D eigenvalue weighted by Gasteiger charge is 2.06. The SMILES string of the molecule is CCCNc1cncc(Nc2cc(Cl)c(C)cc2Br)n1. The summed E-state index contributed by atoms with van der Waals surface area (Å²) in [6.45, 7) is 4.94. The maximum absolute atomic E-state index is 6.14. The van der Waals surface area contributed by atoms with E-state index in [4.69, 9.17) is 11.6 Å². The fourth-order valence-corrected chi connectivity index (χ4v) is 2.37. The van der Waals surface area contributed by atoms with Gasteiger partial charge in [0.25, 0.3) is 0 Å². The van der Waals surface area contributed by atoms with Crippen molar-refractivity contribution < 1.29 is 0 Å². The normalized spacial score (nSPS) is 10.4. The summed E-state index contributed by atoms with van der Waals surface area (Å²) in [4.78, 5) is 8.62. The Balaban J connectivity index is 2.19. The molecule has 0 saturated carbocycles. The van der Waals surface area contributed by atoms with E-state index in [1.54, 1.807) is 12.4 Å². The zero-order valence-electron chi connectivity index (χ0n) is 11.4. The molecule has 6 heteroatoms. The van der Waals surface area contributed by atoms with Gasteiger partial charge < -0.3 is 10.6 Å². The van der Waals surface area contributed by atoms with E-state index in [2.05, 4.69) is 43.5 Å². The standard InChI is InChI=1S/C14H16BrClN4/c1-3-4-18-13-7-17-8-14(20-13)19-12-6-11(16)9(2)5-10(12)15/h5-8H,3-4H2,1-2H3,(H2,18,19,20). The van der Waals surface area contributed by atoms with Crippen LogP contribution in [0.4, 0.5) is 17.3 Å². The van der Waals surface area contributed by atoms with Crippen molar-refractivity contribution in [2.24, 2.45) is 0 Å². The van der Waals surface area contributed by atoms with Crippen molar-refractivity contribution in [2.75, 3.05) is 17.2 Å². The van der Waals surface area contributed by atoms with Crippen molar-refractivity contribution >= 4 is 44.9 Å². The molecule has 0 aliphatic carbocycles. The molecule has 2 N–H and O–H groups in total. The third-order valence-corrected chi connectivity index (χ3v) is 3.76. The fourth-order valence-electron chi connectivity index (χ4n) is 1.64. The van der Waals surface area contributed by atoms with E-state index >= 15 is 0 Å². The molecule has 1 aromatic carbocycles. The highest BCUT2D eigenvalue weighted by molar-refractivity contribution is 9.10. The monoisotopic (exact) mass is 354 g/mol. The van der Waals surface area contributed by atoms with Gasteiger partial charge in [0.05, 0.1) is 18.1 Å². The number of hydrogen-bond donors (Lipinski definition) is 2. The van der Waals surface area contributed by atoms with Crippen LogP contribution in [0.15, 0.2) is 29.0 Å². The highest BCUT2D eigenvalue weighted by Crippen LogP contribution is 2.30. The lowest BCUT2D eigenvalue weighted by Crippen LogP contribution is -2.04. The molecule has 1 aromatic heterocycles. The maximum atomic E-state index is 6.14. The molecule has 4 nitrogen and oxygen atoms in total. The van der Waals surface area contributed by atoms with Crippen molar-refractivity contribution in [1.82, 2.24) is 9.97 Å². The Morgan fingerprint density at radius 2 is 2.00 bits per heavy atom. The maximum Gasteiger partial charge on any atom is 0.151 e. The molecule has 0 amide bonds. The molecule has 0 aliphatic rings. The van der Waals surface area contributed by atoms with Crippen LogP contribution in [0, 0.1) is 6.92 Å². The predicted octanol–water partition coefficient (Wildman–Crippen LogP) is 4.77. The smallest absolute Gasteiger partial charge is 0.151 e. The average Bonchev–Trinajstić information content (AvgIpc) is 2.43. The van der Waals surface area contributed by atoms with E-state index in [9.17, 15) is 0 Å². The predicted molar refractivity (Wildman–Crippen MR) is 88.0 cm³/mol. The summed E-state index contributed by atoms with van der Waals surface area (Å²) in [5.41, 5.74) is 1.89. The third-order valence-electron chi connectivity index (χ3n) is 2.70. The highest BCUT2D eigenvalue weighted by atomic mass is 79.9. The van der Waals surface area contributed by atoms with E-state index in [0.717, 1.165) is 34.5 Å². The van der Waals surface area contributed by atoms with Crippen LogP contribution < -0.4 is 10.6 Å². The van der Waals surface area contributed by atoms with Crippen LogP contribution in [0.3, 0.4) is 0 Å². The molecule has 2 aromatic rings. The summed E-state index contributed by atoms with van der Waals surface area (Å²) in [5, 5.41) is 7.13. The van der Waals surface area contributed by atoms with Gasteiger partial charge in [-0.05, 0) is 47.0 Å². The molecule has 0 fully saturated rings. The zero-order chi connectivity index (χ0) is 14.5. The minimum absolute atomic E-state index is 0.673. The number of hydrogen-bond acceptors (Lipinski definition) is 4. The minimum Gasteiger partial charge on any atom is -0.369 e. The average molecular weight is 356 g/mol. The number of benzene rings is 1. The van der Waals surface area contributed by atoms with Gasteiger partial charge in [0.1, 0.15) is 5.82 Å². The van der Waals surface area contributed by atoms with Crippen LogP contribution in [-0.2, 0) is 0 Å². The lowest BCUT2D eigenvalue weighted by Gasteiger charge is -2.11. The number of rotatable bonds is 5. The van der Waals surface area contributed by atoms with Gasteiger partial charge in [0.2, 0.25) is 0 Å². The van der Waals surface area contributed by atoms with Crippen LogP contribution in [0.5, 0.6) is 0 Å². The first-order valence-corrected chi connectivity index (χ1v) is 7.56. The molecule has 0 atom stereocenters. The van der Waals surface area contributed by atoms with Crippen molar-refractivity contribution in [3.05, 3.63) is 39.6 Å². The van der Waals surface area contributed by atoms with Crippen molar-refractivity contribution in [3.8, 4) is 0 Å². The summed E-state index contributed by atoms with van der Waals surface area (Å²) in [7, 11) is 0. The molecule has 0 unspecified atom stereocenters. The quantitative estimate of drug-likeness (QED) is 0.811. The van der Waals surface area contributed by atoms with Crippen LogP contribution in [0.1, 0.15) is 18.9 Å². The Kier molecular flexibility index (Phi) is 5.20. The van der Waals surface area contributed by atoms with Crippen LogP contribution in [0.25, 0.3) is 0 Å². The van der Waals surface area contributed by atoms with Gasteiger partial charge in [-0.15, -0.1) is 0 Å². The van der Waals surface area contributed by atoms with Crippen LogP contribution in [0.2, 0.25) is 5.02 Å². The molecule has 0 aliphatic heterocycles. The van der Waals surface area contributed by atoms with Gasteiger partial charge >= 0.3 is 0 Å². The molecule has 106 valence electrons. The number of aryl methyl sites for hydroxylation is 1. The fraction of sp³-hybridized carbons (Fsp3) is 0.286. The van der Waals surface area contributed by atoms with E-state index in [-0.39, 0.29) is 0 Å². The molecular formula is C14H16BrClN4. The molecule has 20 heavy (non-hydrogen) atoms. The van der Waals surface area contributed by atoms with Gasteiger partial charge in [-0.2, -0.15) is 0 Å². The minimum atomic E-state index is 0.673. The second-order valence-corrected chi connectivity index (χ2v) is 5.68. The topological polar surface area (TPSA) is 49.8 Å². The first-order chi connectivity index (χ1) is 9.60. The summed E-state index contributed by atoms with van der Waals surface area (Å²) in [5.74, 6) is 1.43. The summed E-state index contributed by atoms with van der Waals surface area (Å²) in [6, 6.07) is 3.84. The molecule has 1 heterocycles. The molecule has 2 rings (SSSR count). The Morgan fingerprint density at radius 3 is 2.75 bits per heavy atom. The van der Waals surface area contributed by atoms with Crippen molar-refractivity contribution in [1.29, 1.82) is 0 Å². The van der Waals surface area contributed by atoms with E-state index in [1.807, 2.05) is 19.1 Å².